The molecule has 0 aromatic rings. The van der Waals surface area contributed by atoms with Crippen molar-refractivity contribution in [2.75, 3.05) is 31.3 Å². The van der Waals surface area contributed by atoms with Gasteiger partial charge in [-0.1, -0.05) is 26.2 Å². The van der Waals surface area contributed by atoms with E-state index < -0.39 is 8.80 Å². The zero-order valence-corrected chi connectivity index (χ0v) is 19.0. The topological polar surface area (TPSA) is 56.8 Å². The average Bonchev–Trinajstić information content (AvgIpc) is 2.62. The van der Waals surface area contributed by atoms with Crippen molar-refractivity contribution in [1.82, 2.24) is 5.32 Å². The number of amides is 1. The summed E-state index contributed by atoms with van der Waals surface area (Å²) in [5, 5.41) is 3.23. The van der Waals surface area contributed by atoms with Crippen LogP contribution in [0.1, 0.15) is 66.2 Å². The van der Waals surface area contributed by atoms with E-state index >= 15 is 0 Å². The van der Waals surface area contributed by atoms with Gasteiger partial charge in [0.15, 0.2) is 0 Å². The number of carbonyl (C=O) groups excluding carboxylic acids is 1. The third-order valence-electron chi connectivity index (χ3n) is 4.63. The standard InChI is InChI=1S/C19H39NO4SSi/c1-5-22-26(23-6-2,24-7-3)15-11-14-25-16-17(4)19(21)20-18-12-9-8-10-13-18/h17-18H,5-16H2,1-4H3,(H,20,21). The predicted molar refractivity (Wildman–Crippen MR) is 112 cm³/mol. The zero-order valence-electron chi connectivity index (χ0n) is 17.2. The third kappa shape index (κ3) is 9.22. The monoisotopic (exact) mass is 405 g/mol. The molecule has 1 aliphatic rings. The number of hydrogen-bond donors (Lipinski definition) is 1. The van der Waals surface area contributed by atoms with Gasteiger partial charge in [-0.25, -0.2) is 0 Å². The highest BCUT2D eigenvalue weighted by molar-refractivity contribution is 7.99. The summed E-state index contributed by atoms with van der Waals surface area (Å²) in [5.74, 6) is 2.15. The van der Waals surface area contributed by atoms with Crippen LogP contribution in [0.15, 0.2) is 0 Å². The molecule has 1 atom stereocenters. The highest BCUT2D eigenvalue weighted by Crippen LogP contribution is 2.21. The van der Waals surface area contributed by atoms with Crippen LogP contribution < -0.4 is 5.32 Å². The molecule has 0 aliphatic heterocycles. The van der Waals surface area contributed by atoms with E-state index in [4.69, 9.17) is 13.3 Å². The molecule has 0 bridgehead atoms. The smallest absolute Gasteiger partial charge is 0.374 e. The van der Waals surface area contributed by atoms with Gasteiger partial charge in [-0.05, 0) is 45.8 Å². The molecule has 1 saturated carbocycles. The van der Waals surface area contributed by atoms with Gasteiger partial charge in [-0.3, -0.25) is 4.79 Å². The molecule has 1 fully saturated rings. The van der Waals surface area contributed by atoms with E-state index in [2.05, 4.69) is 5.32 Å². The first-order valence-electron chi connectivity index (χ1n) is 10.4. The van der Waals surface area contributed by atoms with Crippen LogP contribution in [0.4, 0.5) is 0 Å². The van der Waals surface area contributed by atoms with Crippen LogP contribution in [-0.2, 0) is 18.1 Å². The fraction of sp³-hybridized carbons (Fsp3) is 0.947. The van der Waals surface area contributed by atoms with E-state index in [1.54, 1.807) is 0 Å². The minimum absolute atomic E-state index is 0.0644. The van der Waals surface area contributed by atoms with Gasteiger partial charge in [0.25, 0.3) is 0 Å². The normalized spacial score (nSPS) is 17.2. The second-order valence-corrected chi connectivity index (χ2v) is 10.8. The molecule has 0 heterocycles. The van der Waals surface area contributed by atoms with E-state index in [0.29, 0.717) is 25.9 Å². The van der Waals surface area contributed by atoms with Crippen molar-refractivity contribution in [3.8, 4) is 0 Å². The first-order valence-corrected chi connectivity index (χ1v) is 13.5. The van der Waals surface area contributed by atoms with Crippen LogP contribution in [0, 0.1) is 5.92 Å². The molecule has 154 valence electrons. The number of carbonyl (C=O) groups is 1. The molecule has 1 amide bonds. The Balaban J connectivity index is 2.25. The SMILES string of the molecule is CCO[Si](CCCSCC(C)C(=O)NC1CCCCC1)(OCC)OCC. The van der Waals surface area contributed by atoms with Gasteiger partial charge in [0.1, 0.15) is 0 Å². The zero-order chi connectivity index (χ0) is 19.3. The minimum Gasteiger partial charge on any atom is -0.374 e. The Bertz CT molecular complexity index is 364. The van der Waals surface area contributed by atoms with Crippen molar-refractivity contribution >= 4 is 26.5 Å². The molecule has 1 N–H and O–H groups in total. The number of rotatable bonds is 14. The second-order valence-electron chi connectivity index (χ2n) is 6.91. The van der Waals surface area contributed by atoms with Crippen LogP contribution in [-0.4, -0.2) is 52.1 Å². The van der Waals surface area contributed by atoms with Crippen molar-refractivity contribution in [3.05, 3.63) is 0 Å². The highest BCUT2D eigenvalue weighted by Gasteiger charge is 2.39. The lowest BCUT2D eigenvalue weighted by atomic mass is 9.95. The summed E-state index contributed by atoms with van der Waals surface area (Å²) >= 11 is 1.84. The number of thioether (sulfide) groups is 1. The first-order chi connectivity index (χ1) is 12.6. The summed E-state index contributed by atoms with van der Waals surface area (Å²) in [6.45, 7) is 9.86. The maximum absolute atomic E-state index is 12.3. The predicted octanol–water partition coefficient (Wildman–Crippen LogP) is 4.24. The molecule has 0 spiro atoms. The number of nitrogens with one attached hydrogen (secondary N) is 1. The lowest BCUT2D eigenvalue weighted by molar-refractivity contribution is -0.124. The van der Waals surface area contributed by atoms with Crippen LogP contribution in [0.3, 0.4) is 0 Å². The highest BCUT2D eigenvalue weighted by atomic mass is 32.2. The van der Waals surface area contributed by atoms with E-state index in [9.17, 15) is 4.79 Å². The maximum atomic E-state index is 12.3. The molecule has 0 radical (unpaired) electrons. The van der Waals surface area contributed by atoms with Gasteiger partial charge < -0.3 is 18.6 Å². The molecule has 1 aliphatic carbocycles. The van der Waals surface area contributed by atoms with Gasteiger partial charge in [-0.15, -0.1) is 0 Å². The third-order valence-corrected chi connectivity index (χ3v) is 9.10. The molecule has 1 unspecified atom stereocenters. The quantitative estimate of drug-likeness (QED) is 0.346. The van der Waals surface area contributed by atoms with Gasteiger partial charge >= 0.3 is 8.80 Å². The molecule has 0 aromatic heterocycles. The van der Waals surface area contributed by atoms with Gasteiger partial charge in [0.05, 0.1) is 0 Å². The van der Waals surface area contributed by atoms with Gasteiger partial charge in [0, 0.05) is 43.6 Å². The Morgan fingerprint density at radius 3 is 2.19 bits per heavy atom. The Labute approximate surface area is 165 Å². The number of hydrogen-bond acceptors (Lipinski definition) is 5. The molecular formula is C19H39NO4SSi. The Morgan fingerprint density at radius 2 is 1.65 bits per heavy atom. The lowest BCUT2D eigenvalue weighted by Gasteiger charge is -2.28. The van der Waals surface area contributed by atoms with E-state index in [-0.39, 0.29) is 11.8 Å². The maximum Gasteiger partial charge on any atom is 0.500 e. The summed E-state index contributed by atoms with van der Waals surface area (Å²) in [6, 6.07) is 1.25. The van der Waals surface area contributed by atoms with Crippen molar-refractivity contribution in [3.63, 3.8) is 0 Å². The first kappa shape index (κ1) is 24.0. The van der Waals surface area contributed by atoms with Crippen molar-refractivity contribution < 1.29 is 18.1 Å². The van der Waals surface area contributed by atoms with E-state index in [0.717, 1.165) is 36.8 Å². The summed E-state index contributed by atoms with van der Waals surface area (Å²) in [6.07, 6.45) is 7.09. The lowest BCUT2D eigenvalue weighted by Crippen LogP contribution is -2.46. The van der Waals surface area contributed by atoms with Crippen molar-refractivity contribution in [2.45, 2.75) is 78.3 Å². The van der Waals surface area contributed by atoms with Crippen LogP contribution in [0.5, 0.6) is 0 Å². The van der Waals surface area contributed by atoms with Crippen LogP contribution in [0.2, 0.25) is 6.04 Å². The molecule has 5 nitrogen and oxygen atoms in total. The summed E-state index contributed by atoms with van der Waals surface area (Å²) in [5.41, 5.74) is 0. The Hall–Kier alpha value is -0.0831. The van der Waals surface area contributed by atoms with E-state index in [1.165, 1.54) is 19.3 Å². The van der Waals surface area contributed by atoms with Crippen LogP contribution in [0.25, 0.3) is 0 Å². The molecule has 7 heteroatoms. The van der Waals surface area contributed by atoms with Crippen molar-refractivity contribution in [2.24, 2.45) is 5.92 Å². The Kier molecular flexibility index (Phi) is 12.9. The fourth-order valence-electron chi connectivity index (χ4n) is 3.32. The van der Waals surface area contributed by atoms with Gasteiger partial charge in [-0.2, -0.15) is 11.8 Å². The largest absolute Gasteiger partial charge is 0.500 e. The fourth-order valence-corrected chi connectivity index (χ4v) is 7.21. The van der Waals surface area contributed by atoms with Gasteiger partial charge in [0.2, 0.25) is 5.91 Å². The van der Waals surface area contributed by atoms with E-state index in [1.807, 2.05) is 39.5 Å². The second kappa shape index (κ2) is 14.0. The Morgan fingerprint density at radius 1 is 1.08 bits per heavy atom. The summed E-state index contributed by atoms with van der Waals surface area (Å²) in [7, 11) is -2.52. The minimum atomic E-state index is -2.52. The summed E-state index contributed by atoms with van der Waals surface area (Å²) < 4.78 is 17.6. The molecule has 1 rings (SSSR count). The molecule has 26 heavy (non-hydrogen) atoms. The van der Waals surface area contributed by atoms with Crippen LogP contribution >= 0.6 is 11.8 Å². The van der Waals surface area contributed by atoms with Crippen molar-refractivity contribution in [1.29, 1.82) is 0 Å². The summed E-state index contributed by atoms with van der Waals surface area (Å²) in [4.78, 5) is 12.3. The average molecular weight is 406 g/mol. The molecule has 0 saturated heterocycles. The molecule has 0 aromatic carbocycles. The molecular weight excluding hydrogens is 366 g/mol.